The highest BCUT2D eigenvalue weighted by Crippen LogP contribution is 2.17. The van der Waals surface area contributed by atoms with Gasteiger partial charge in [0.15, 0.2) is 0 Å². The van der Waals surface area contributed by atoms with Gasteiger partial charge < -0.3 is 4.74 Å². The number of aromatic nitrogens is 1. The number of allylic oxidation sites excluding steroid dienone is 1. The van der Waals surface area contributed by atoms with Gasteiger partial charge in [0.1, 0.15) is 5.69 Å². The van der Waals surface area contributed by atoms with E-state index in [2.05, 4.69) is 4.98 Å². The fraction of sp³-hybridized carbons (Fsp3) is 0.333. The summed E-state index contributed by atoms with van der Waals surface area (Å²) in [5.41, 5.74) is 2.93. The first-order chi connectivity index (χ1) is 6.38. The molecule has 0 aromatic carbocycles. The molecule has 2 rings (SSSR count). The van der Waals surface area contributed by atoms with Gasteiger partial charge in [-0.25, -0.2) is 4.98 Å². The summed E-state index contributed by atoms with van der Waals surface area (Å²) in [5.74, 6) is 0.000880. The Bertz CT molecular complexity index is 329. The minimum Gasteiger partial charge on any atom is -0.501 e. The second-order valence-electron chi connectivity index (χ2n) is 2.82. The van der Waals surface area contributed by atoms with E-state index in [1.54, 1.807) is 17.2 Å². The van der Waals surface area contributed by atoms with Gasteiger partial charge in [0.2, 0.25) is 5.78 Å². The first-order valence-electron chi connectivity index (χ1n) is 4.11. The van der Waals surface area contributed by atoms with E-state index in [0.29, 0.717) is 12.3 Å². The van der Waals surface area contributed by atoms with Crippen LogP contribution in [-0.2, 0) is 4.74 Å². The number of nitrogens with zero attached hydrogens (tertiary/aromatic N) is 1. The molecule has 0 amide bonds. The lowest BCUT2D eigenvalue weighted by Crippen LogP contribution is -2.09. The molecule has 0 fully saturated rings. The number of ketones is 1. The average molecular weight is 195 g/mol. The minimum atomic E-state index is 0.000880. The van der Waals surface area contributed by atoms with E-state index in [9.17, 15) is 4.79 Å². The summed E-state index contributed by atoms with van der Waals surface area (Å²) in [6.45, 7) is 0.716. The molecule has 4 heteroatoms. The van der Waals surface area contributed by atoms with Crippen molar-refractivity contribution in [3.63, 3.8) is 0 Å². The maximum atomic E-state index is 11.7. The van der Waals surface area contributed by atoms with Crippen LogP contribution >= 0.6 is 11.3 Å². The molecule has 1 aromatic heterocycles. The van der Waals surface area contributed by atoms with Crippen molar-refractivity contribution in [1.29, 1.82) is 0 Å². The van der Waals surface area contributed by atoms with Crippen LogP contribution in [0.2, 0.25) is 0 Å². The third-order valence-corrected chi connectivity index (χ3v) is 2.48. The number of rotatable bonds is 2. The van der Waals surface area contributed by atoms with Crippen molar-refractivity contribution in [2.24, 2.45) is 0 Å². The van der Waals surface area contributed by atoms with Gasteiger partial charge in [0.05, 0.1) is 18.4 Å². The van der Waals surface area contributed by atoms with Crippen molar-refractivity contribution < 1.29 is 9.53 Å². The molecule has 0 atom stereocenters. The Hall–Kier alpha value is -1.16. The van der Waals surface area contributed by atoms with E-state index < -0.39 is 0 Å². The quantitative estimate of drug-likeness (QED) is 0.678. The maximum Gasteiger partial charge on any atom is 0.211 e. The van der Waals surface area contributed by atoms with Crippen molar-refractivity contribution in [3.8, 4) is 0 Å². The fourth-order valence-electron chi connectivity index (χ4n) is 1.22. The molecule has 0 saturated carbocycles. The molecule has 0 spiro atoms. The molecule has 0 radical (unpaired) electrons. The first-order valence-corrected chi connectivity index (χ1v) is 5.06. The number of thiazole rings is 1. The highest BCUT2D eigenvalue weighted by atomic mass is 32.1. The zero-order valence-corrected chi connectivity index (χ0v) is 7.84. The third-order valence-electron chi connectivity index (χ3n) is 1.89. The third kappa shape index (κ3) is 1.78. The van der Waals surface area contributed by atoms with Gasteiger partial charge in [-0.3, -0.25) is 4.79 Å². The molecular weight excluding hydrogens is 186 g/mol. The van der Waals surface area contributed by atoms with E-state index in [1.807, 2.05) is 0 Å². The Kier molecular flexibility index (Phi) is 2.40. The van der Waals surface area contributed by atoms with Gasteiger partial charge in [0, 0.05) is 11.0 Å². The lowest BCUT2D eigenvalue weighted by Gasteiger charge is -2.11. The van der Waals surface area contributed by atoms with Crippen LogP contribution < -0.4 is 0 Å². The number of ether oxygens (including phenoxy) is 1. The average Bonchev–Trinajstić information content (AvgIpc) is 2.71. The van der Waals surface area contributed by atoms with Crippen LogP contribution in [0.4, 0.5) is 0 Å². The van der Waals surface area contributed by atoms with Gasteiger partial charge in [-0.2, -0.15) is 0 Å². The van der Waals surface area contributed by atoms with E-state index >= 15 is 0 Å². The largest absolute Gasteiger partial charge is 0.501 e. The maximum absolute atomic E-state index is 11.7. The minimum absolute atomic E-state index is 0.000880. The molecule has 1 aliphatic rings. The van der Waals surface area contributed by atoms with Crippen LogP contribution in [0.3, 0.4) is 0 Å². The number of carbonyl (C=O) groups excluding carboxylic acids is 1. The van der Waals surface area contributed by atoms with Crippen molar-refractivity contribution >= 4 is 17.1 Å². The summed E-state index contributed by atoms with van der Waals surface area (Å²) in [6, 6.07) is 0. The van der Waals surface area contributed by atoms with Crippen LogP contribution in [0.1, 0.15) is 23.3 Å². The van der Waals surface area contributed by atoms with E-state index in [-0.39, 0.29) is 5.78 Å². The Labute approximate surface area is 80.1 Å². The Morgan fingerprint density at radius 1 is 1.62 bits per heavy atom. The van der Waals surface area contributed by atoms with Gasteiger partial charge in [-0.1, -0.05) is 0 Å². The first kappa shape index (κ1) is 8.44. The monoisotopic (exact) mass is 195 g/mol. The molecular formula is C9H9NO2S. The highest BCUT2D eigenvalue weighted by molar-refractivity contribution is 7.07. The summed E-state index contributed by atoms with van der Waals surface area (Å²) in [4.78, 5) is 15.6. The topological polar surface area (TPSA) is 39.2 Å². The molecule has 2 heterocycles. The second kappa shape index (κ2) is 3.70. The van der Waals surface area contributed by atoms with Crippen molar-refractivity contribution in [3.05, 3.63) is 28.4 Å². The molecule has 1 aliphatic heterocycles. The van der Waals surface area contributed by atoms with E-state index in [1.165, 1.54) is 11.3 Å². The molecule has 0 N–H and O–H groups in total. The number of carbonyl (C=O) groups is 1. The smallest absolute Gasteiger partial charge is 0.211 e. The number of hydrogen-bond donors (Lipinski definition) is 0. The van der Waals surface area contributed by atoms with Crippen LogP contribution in [0.25, 0.3) is 0 Å². The molecule has 0 aliphatic carbocycles. The summed E-state index contributed by atoms with van der Waals surface area (Å²) >= 11 is 1.43. The predicted octanol–water partition coefficient (Wildman–Crippen LogP) is 2.02. The fourth-order valence-corrected chi connectivity index (χ4v) is 1.75. The van der Waals surface area contributed by atoms with Gasteiger partial charge in [-0.15, -0.1) is 11.3 Å². The SMILES string of the molecule is O=C(C1=COCCC1)c1cscn1. The summed E-state index contributed by atoms with van der Waals surface area (Å²) in [5, 5.41) is 1.76. The Morgan fingerprint density at radius 3 is 3.15 bits per heavy atom. The Balaban J connectivity index is 2.17. The van der Waals surface area contributed by atoms with Crippen LogP contribution in [-0.4, -0.2) is 17.4 Å². The lowest BCUT2D eigenvalue weighted by atomic mass is 10.0. The molecule has 3 nitrogen and oxygen atoms in total. The molecule has 0 unspecified atom stereocenters. The summed E-state index contributed by atoms with van der Waals surface area (Å²) in [6.07, 6.45) is 3.28. The summed E-state index contributed by atoms with van der Waals surface area (Å²) < 4.78 is 5.09. The van der Waals surface area contributed by atoms with Crippen LogP contribution in [0.5, 0.6) is 0 Å². The normalized spacial score (nSPS) is 16.2. The Morgan fingerprint density at radius 2 is 2.54 bits per heavy atom. The van der Waals surface area contributed by atoms with Crippen LogP contribution in [0.15, 0.2) is 22.7 Å². The van der Waals surface area contributed by atoms with E-state index in [4.69, 9.17) is 4.74 Å². The number of Topliss-reactive ketones (excluding diaryl/α,β-unsaturated/α-hetero) is 1. The summed E-state index contributed by atoms with van der Waals surface area (Å²) in [7, 11) is 0. The van der Waals surface area contributed by atoms with Gasteiger partial charge >= 0.3 is 0 Å². The standard InChI is InChI=1S/C9H9NO2S/c11-9(8-5-13-6-10-8)7-2-1-3-12-4-7/h4-6H,1-3H2. The molecule has 68 valence electrons. The molecule has 0 saturated heterocycles. The number of hydrogen-bond acceptors (Lipinski definition) is 4. The lowest BCUT2D eigenvalue weighted by molar-refractivity contribution is 0.101. The molecule has 0 bridgehead atoms. The molecule has 13 heavy (non-hydrogen) atoms. The van der Waals surface area contributed by atoms with Crippen molar-refractivity contribution in [2.75, 3.05) is 6.61 Å². The van der Waals surface area contributed by atoms with Crippen molar-refractivity contribution in [1.82, 2.24) is 4.98 Å². The van der Waals surface area contributed by atoms with Crippen molar-refractivity contribution in [2.45, 2.75) is 12.8 Å². The zero-order valence-electron chi connectivity index (χ0n) is 7.03. The van der Waals surface area contributed by atoms with Gasteiger partial charge in [0.25, 0.3) is 0 Å². The van der Waals surface area contributed by atoms with E-state index in [0.717, 1.165) is 18.4 Å². The van der Waals surface area contributed by atoms with Gasteiger partial charge in [-0.05, 0) is 12.8 Å². The second-order valence-corrected chi connectivity index (χ2v) is 3.54. The molecule has 1 aromatic rings. The zero-order chi connectivity index (χ0) is 9.10. The van der Waals surface area contributed by atoms with Crippen LogP contribution in [0, 0.1) is 0 Å². The highest BCUT2D eigenvalue weighted by Gasteiger charge is 2.16. The predicted molar refractivity (Wildman–Crippen MR) is 49.7 cm³/mol.